The van der Waals surface area contributed by atoms with Gasteiger partial charge in [0, 0.05) is 17.5 Å². The van der Waals surface area contributed by atoms with Crippen molar-refractivity contribution in [2.24, 2.45) is 0 Å². The SMILES string of the molecule is Nc1ccc(C2CC2)nc1C1CC1. The van der Waals surface area contributed by atoms with Crippen molar-refractivity contribution in [1.82, 2.24) is 4.98 Å². The average Bonchev–Trinajstić information content (AvgIpc) is 3.00. The van der Waals surface area contributed by atoms with Crippen molar-refractivity contribution in [3.63, 3.8) is 0 Å². The van der Waals surface area contributed by atoms with E-state index in [2.05, 4.69) is 11.1 Å². The largest absolute Gasteiger partial charge is 0.397 e. The normalized spacial score (nSPS) is 21.8. The Morgan fingerprint density at radius 2 is 1.77 bits per heavy atom. The summed E-state index contributed by atoms with van der Waals surface area (Å²) in [6, 6.07) is 4.13. The molecule has 0 amide bonds. The minimum atomic E-state index is 0.679. The molecule has 3 rings (SSSR count). The lowest BCUT2D eigenvalue weighted by Gasteiger charge is -2.05. The van der Waals surface area contributed by atoms with Crippen LogP contribution in [0, 0.1) is 0 Å². The molecule has 0 atom stereocenters. The van der Waals surface area contributed by atoms with E-state index in [1.54, 1.807) is 0 Å². The zero-order valence-corrected chi connectivity index (χ0v) is 7.66. The Morgan fingerprint density at radius 1 is 1.08 bits per heavy atom. The number of pyridine rings is 1. The first-order chi connectivity index (χ1) is 6.34. The molecule has 1 aromatic rings. The molecule has 2 aliphatic rings. The van der Waals surface area contributed by atoms with Crippen LogP contribution in [0.4, 0.5) is 5.69 Å². The van der Waals surface area contributed by atoms with Gasteiger partial charge in [-0.15, -0.1) is 0 Å². The summed E-state index contributed by atoms with van der Waals surface area (Å²) in [7, 11) is 0. The third-order valence-electron chi connectivity index (χ3n) is 2.94. The first kappa shape index (κ1) is 7.36. The van der Waals surface area contributed by atoms with Crippen LogP contribution in [0.25, 0.3) is 0 Å². The molecule has 0 bridgehead atoms. The van der Waals surface area contributed by atoms with Crippen LogP contribution in [-0.4, -0.2) is 4.98 Å². The molecule has 0 radical (unpaired) electrons. The summed E-state index contributed by atoms with van der Waals surface area (Å²) in [6.45, 7) is 0. The molecule has 2 aliphatic carbocycles. The van der Waals surface area contributed by atoms with Crippen LogP contribution >= 0.6 is 0 Å². The Balaban J connectivity index is 1.99. The lowest BCUT2D eigenvalue weighted by Crippen LogP contribution is -1.98. The second-order valence-electron chi connectivity index (χ2n) is 4.26. The van der Waals surface area contributed by atoms with Gasteiger partial charge in [0.1, 0.15) is 0 Å². The van der Waals surface area contributed by atoms with E-state index in [0.29, 0.717) is 5.92 Å². The molecule has 2 fully saturated rings. The molecule has 0 saturated heterocycles. The fourth-order valence-corrected chi connectivity index (χ4v) is 1.79. The quantitative estimate of drug-likeness (QED) is 0.747. The highest BCUT2D eigenvalue weighted by Crippen LogP contribution is 2.44. The summed E-state index contributed by atoms with van der Waals surface area (Å²) < 4.78 is 0. The van der Waals surface area contributed by atoms with Crippen LogP contribution < -0.4 is 5.73 Å². The molecule has 0 unspecified atom stereocenters. The van der Waals surface area contributed by atoms with E-state index in [1.165, 1.54) is 37.1 Å². The van der Waals surface area contributed by atoms with Crippen LogP contribution in [0.5, 0.6) is 0 Å². The van der Waals surface area contributed by atoms with Crippen molar-refractivity contribution in [3.8, 4) is 0 Å². The molecule has 2 saturated carbocycles. The maximum Gasteiger partial charge on any atom is 0.0666 e. The first-order valence-electron chi connectivity index (χ1n) is 5.11. The van der Waals surface area contributed by atoms with E-state index < -0.39 is 0 Å². The smallest absolute Gasteiger partial charge is 0.0666 e. The van der Waals surface area contributed by atoms with Crippen molar-refractivity contribution in [1.29, 1.82) is 0 Å². The van der Waals surface area contributed by atoms with Gasteiger partial charge in [-0.2, -0.15) is 0 Å². The van der Waals surface area contributed by atoms with Gasteiger partial charge in [-0.1, -0.05) is 0 Å². The Bertz CT molecular complexity index is 338. The number of anilines is 1. The average molecular weight is 174 g/mol. The van der Waals surface area contributed by atoms with Crippen LogP contribution in [0.3, 0.4) is 0 Å². The molecule has 2 heteroatoms. The van der Waals surface area contributed by atoms with Crippen LogP contribution in [0.2, 0.25) is 0 Å². The highest BCUT2D eigenvalue weighted by molar-refractivity contribution is 5.47. The van der Waals surface area contributed by atoms with Gasteiger partial charge in [0.2, 0.25) is 0 Å². The Labute approximate surface area is 78.2 Å². The molecule has 13 heavy (non-hydrogen) atoms. The van der Waals surface area contributed by atoms with Gasteiger partial charge >= 0.3 is 0 Å². The highest BCUT2D eigenvalue weighted by atomic mass is 14.8. The number of aromatic nitrogens is 1. The lowest BCUT2D eigenvalue weighted by atomic mass is 10.1. The van der Waals surface area contributed by atoms with Crippen LogP contribution in [0.1, 0.15) is 48.9 Å². The second-order valence-corrected chi connectivity index (χ2v) is 4.26. The van der Waals surface area contributed by atoms with Gasteiger partial charge in [-0.25, -0.2) is 0 Å². The third kappa shape index (κ3) is 1.30. The first-order valence-corrected chi connectivity index (χ1v) is 5.11. The summed E-state index contributed by atoms with van der Waals surface area (Å²) in [4.78, 5) is 4.67. The fourth-order valence-electron chi connectivity index (χ4n) is 1.79. The number of hydrogen-bond donors (Lipinski definition) is 1. The molecule has 2 N–H and O–H groups in total. The maximum atomic E-state index is 5.89. The molecule has 0 spiro atoms. The van der Waals surface area contributed by atoms with Gasteiger partial charge in [-0.05, 0) is 37.8 Å². The molecular weight excluding hydrogens is 160 g/mol. The minimum absolute atomic E-state index is 0.679. The zero-order valence-electron chi connectivity index (χ0n) is 7.66. The summed E-state index contributed by atoms with van der Waals surface area (Å²) in [5, 5.41) is 0. The van der Waals surface area contributed by atoms with Crippen molar-refractivity contribution >= 4 is 5.69 Å². The van der Waals surface area contributed by atoms with Crippen molar-refractivity contribution in [2.75, 3.05) is 5.73 Å². The molecule has 2 nitrogen and oxygen atoms in total. The summed E-state index contributed by atoms with van der Waals surface area (Å²) >= 11 is 0. The molecule has 68 valence electrons. The van der Waals surface area contributed by atoms with E-state index >= 15 is 0 Å². The Morgan fingerprint density at radius 3 is 2.38 bits per heavy atom. The lowest BCUT2D eigenvalue weighted by molar-refractivity contribution is 0.943. The monoisotopic (exact) mass is 174 g/mol. The fraction of sp³-hybridized carbons (Fsp3) is 0.545. The third-order valence-corrected chi connectivity index (χ3v) is 2.94. The predicted octanol–water partition coefficient (Wildman–Crippen LogP) is 2.42. The maximum absolute atomic E-state index is 5.89. The van der Waals surface area contributed by atoms with Crippen LogP contribution in [-0.2, 0) is 0 Å². The molecule has 0 aromatic carbocycles. The van der Waals surface area contributed by atoms with E-state index in [4.69, 9.17) is 5.73 Å². The van der Waals surface area contributed by atoms with Gasteiger partial charge < -0.3 is 5.73 Å². The number of hydrogen-bond acceptors (Lipinski definition) is 2. The van der Waals surface area contributed by atoms with E-state index in [0.717, 1.165) is 11.6 Å². The van der Waals surface area contributed by atoms with Gasteiger partial charge in [-0.3, -0.25) is 4.98 Å². The minimum Gasteiger partial charge on any atom is -0.397 e. The van der Waals surface area contributed by atoms with Crippen molar-refractivity contribution in [3.05, 3.63) is 23.5 Å². The molecule has 0 aliphatic heterocycles. The number of nitrogens with zero attached hydrogens (tertiary/aromatic N) is 1. The van der Waals surface area contributed by atoms with E-state index in [1.807, 2.05) is 6.07 Å². The molecular formula is C11H14N2. The summed E-state index contributed by atoms with van der Waals surface area (Å²) in [5.74, 6) is 1.43. The van der Waals surface area contributed by atoms with Gasteiger partial charge in [0.05, 0.1) is 11.4 Å². The number of nitrogen functional groups attached to an aromatic ring is 1. The summed E-state index contributed by atoms with van der Waals surface area (Å²) in [6.07, 6.45) is 5.21. The Kier molecular flexibility index (Phi) is 1.40. The molecule has 1 heterocycles. The molecule has 1 aromatic heterocycles. The predicted molar refractivity (Wildman–Crippen MR) is 52.6 cm³/mol. The van der Waals surface area contributed by atoms with E-state index in [-0.39, 0.29) is 0 Å². The number of nitrogens with two attached hydrogens (primary N) is 1. The highest BCUT2D eigenvalue weighted by Gasteiger charge is 2.30. The topological polar surface area (TPSA) is 38.9 Å². The zero-order chi connectivity index (χ0) is 8.84. The second kappa shape index (κ2) is 2.47. The van der Waals surface area contributed by atoms with Gasteiger partial charge in [0.25, 0.3) is 0 Å². The van der Waals surface area contributed by atoms with Crippen molar-refractivity contribution in [2.45, 2.75) is 37.5 Å². The van der Waals surface area contributed by atoms with Crippen molar-refractivity contribution < 1.29 is 0 Å². The Hall–Kier alpha value is -1.05. The number of rotatable bonds is 2. The standard InChI is InChI=1S/C11H14N2/c12-9-5-6-10(7-1-2-7)13-11(9)8-3-4-8/h5-8H,1-4,12H2. The van der Waals surface area contributed by atoms with Gasteiger partial charge in [0.15, 0.2) is 0 Å². The summed E-state index contributed by atoms with van der Waals surface area (Å²) in [5.41, 5.74) is 9.23. The van der Waals surface area contributed by atoms with Crippen LogP contribution in [0.15, 0.2) is 12.1 Å². The van der Waals surface area contributed by atoms with E-state index in [9.17, 15) is 0 Å².